The summed E-state index contributed by atoms with van der Waals surface area (Å²) in [6, 6.07) is 14.6. The largest absolute Gasteiger partial charge is 0.491 e. The van der Waals surface area contributed by atoms with Crippen LogP contribution in [0.1, 0.15) is 12.8 Å². The first-order valence-electron chi connectivity index (χ1n) is 9.95. The van der Waals surface area contributed by atoms with Crippen LogP contribution in [0.15, 0.2) is 48.5 Å². The van der Waals surface area contributed by atoms with Crippen LogP contribution in [-0.4, -0.2) is 60.4 Å². The molecule has 0 radical (unpaired) electrons. The van der Waals surface area contributed by atoms with Crippen LogP contribution in [0, 0.1) is 5.82 Å². The number of thiazole rings is 1. The SMILES string of the molecule is CN(c1nc2ccccc2s1)C1CCN(C[C@@H](O)COc2ccc(F)cc2)CC1. The van der Waals surface area contributed by atoms with Crippen LogP contribution >= 0.6 is 11.3 Å². The van der Waals surface area contributed by atoms with E-state index in [1.807, 2.05) is 12.1 Å². The van der Waals surface area contributed by atoms with Gasteiger partial charge in [0.25, 0.3) is 0 Å². The minimum absolute atomic E-state index is 0.206. The molecule has 5 nitrogen and oxygen atoms in total. The number of fused-ring (bicyclic) bond motifs is 1. The molecule has 29 heavy (non-hydrogen) atoms. The minimum Gasteiger partial charge on any atom is -0.491 e. The number of rotatable bonds is 7. The van der Waals surface area contributed by atoms with Crippen LogP contribution in [0.2, 0.25) is 0 Å². The van der Waals surface area contributed by atoms with Crippen molar-refractivity contribution in [2.24, 2.45) is 0 Å². The van der Waals surface area contributed by atoms with Gasteiger partial charge in [0.05, 0.1) is 10.2 Å². The first-order chi connectivity index (χ1) is 14.1. The minimum atomic E-state index is -0.571. The second kappa shape index (κ2) is 9.07. The summed E-state index contributed by atoms with van der Waals surface area (Å²) in [6.07, 6.45) is 1.51. The number of aliphatic hydroxyl groups is 1. The quantitative estimate of drug-likeness (QED) is 0.637. The molecule has 2 heterocycles. The topological polar surface area (TPSA) is 48.8 Å². The van der Waals surface area contributed by atoms with Gasteiger partial charge in [-0.05, 0) is 49.2 Å². The second-order valence-corrected chi connectivity index (χ2v) is 8.53. The number of ether oxygens (including phenoxy) is 1. The van der Waals surface area contributed by atoms with Gasteiger partial charge in [-0.1, -0.05) is 23.5 Å². The fourth-order valence-corrected chi connectivity index (χ4v) is 4.73. The molecule has 0 bridgehead atoms. The number of likely N-dealkylation sites (tertiary alicyclic amines) is 1. The molecule has 0 aliphatic carbocycles. The molecule has 0 amide bonds. The Morgan fingerprint density at radius 2 is 1.93 bits per heavy atom. The molecule has 1 saturated heterocycles. The molecule has 0 saturated carbocycles. The highest BCUT2D eigenvalue weighted by Crippen LogP contribution is 2.30. The Morgan fingerprint density at radius 3 is 2.66 bits per heavy atom. The lowest BCUT2D eigenvalue weighted by molar-refractivity contribution is 0.0595. The molecule has 2 aromatic carbocycles. The zero-order valence-electron chi connectivity index (χ0n) is 16.5. The van der Waals surface area contributed by atoms with Crippen LogP contribution in [0.4, 0.5) is 9.52 Å². The lowest BCUT2D eigenvalue weighted by Gasteiger charge is -2.37. The predicted molar refractivity (Wildman–Crippen MR) is 115 cm³/mol. The van der Waals surface area contributed by atoms with Crippen LogP contribution < -0.4 is 9.64 Å². The summed E-state index contributed by atoms with van der Waals surface area (Å²) in [6.45, 7) is 2.66. The average Bonchev–Trinajstić information content (AvgIpc) is 3.18. The highest BCUT2D eigenvalue weighted by Gasteiger charge is 2.25. The summed E-state index contributed by atoms with van der Waals surface area (Å²) < 4.78 is 19.7. The number of nitrogens with zero attached hydrogens (tertiary/aromatic N) is 3. The van der Waals surface area contributed by atoms with Gasteiger partial charge in [-0.15, -0.1) is 0 Å². The highest BCUT2D eigenvalue weighted by molar-refractivity contribution is 7.22. The Balaban J connectivity index is 1.23. The van der Waals surface area contributed by atoms with Crippen molar-refractivity contribution >= 4 is 26.7 Å². The predicted octanol–water partition coefficient (Wildman–Crippen LogP) is 3.78. The van der Waals surface area contributed by atoms with Gasteiger partial charge in [0.15, 0.2) is 5.13 Å². The molecule has 1 fully saturated rings. The fourth-order valence-electron chi connectivity index (χ4n) is 3.73. The molecule has 1 N–H and O–H groups in total. The number of benzene rings is 2. The van der Waals surface area contributed by atoms with Gasteiger partial charge in [-0.2, -0.15) is 0 Å². The summed E-state index contributed by atoms with van der Waals surface area (Å²) in [7, 11) is 2.13. The summed E-state index contributed by atoms with van der Waals surface area (Å²) in [5.41, 5.74) is 1.06. The van der Waals surface area contributed by atoms with E-state index in [1.165, 1.54) is 16.8 Å². The van der Waals surface area contributed by atoms with E-state index in [1.54, 1.807) is 23.5 Å². The number of aliphatic hydroxyl groups excluding tert-OH is 1. The van der Waals surface area contributed by atoms with E-state index in [0.717, 1.165) is 36.6 Å². The van der Waals surface area contributed by atoms with Gasteiger partial charge in [-0.3, -0.25) is 0 Å². The maximum atomic E-state index is 12.9. The molecule has 0 spiro atoms. The summed E-state index contributed by atoms with van der Waals surface area (Å²) >= 11 is 1.74. The smallest absolute Gasteiger partial charge is 0.186 e. The van der Waals surface area contributed by atoms with E-state index >= 15 is 0 Å². The maximum Gasteiger partial charge on any atom is 0.186 e. The number of para-hydroxylation sites is 1. The molecule has 1 aromatic heterocycles. The van der Waals surface area contributed by atoms with Gasteiger partial charge < -0.3 is 19.6 Å². The Morgan fingerprint density at radius 1 is 1.21 bits per heavy atom. The molecule has 3 aromatic rings. The molecule has 1 aliphatic heterocycles. The molecule has 7 heteroatoms. The summed E-state index contributed by atoms with van der Waals surface area (Å²) in [5, 5.41) is 11.4. The molecular formula is C22H26FN3O2S. The van der Waals surface area contributed by atoms with Crippen molar-refractivity contribution in [3.63, 3.8) is 0 Å². The van der Waals surface area contributed by atoms with Crippen molar-refractivity contribution < 1.29 is 14.2 Å². The van der Waals surface area contributed by atoms with Crippen LogP contribution in [-0.2, 0) is 0 Å². The third-order valence-corrected chi connectivity index (χ3v) is 6.54. The normalized spacial score (nSPS) is 16.8. The van der Waals surface area contributed by atoms with Gasteiger partial charge in [-0.25, -0.2) is 9.37 Å². The molecule has 0 unspecified atom stereocenters. The van der Waals surface area contributed by atoms with Crippen molar-refractivity contribution in [3.8, 4) is 5.75 Å². The molecule has 1 aliphatic rings. The Bertz CT molecular complexity index is 892. The third-order valence-electron chi connectivity index (χ3n) is 5.41. The number of halogens is 1. The van der Waals surface area contributed by atoms with Crippen molar-refractivity contribution in [1.29, 1.82) is 0 Å². The Hall–Kier alpha value is -2.22. The average molecular weight is 416 g/mol. The van der Waals surface area contributed by atoms with E-state index in [0.29, 0.717) is 18.3 Å². The van der Waals surface area contributed by atoms with Gasteiger partial charge >= 0.3 is 0 Å². The summed E-state index contributed by atoms with van der Waals surface area (Å²) in [4.78, 5) is 9.35. The molecule has 154 valence electrons. The molecule has 1 atom stereocenters. The monoisotopic (exact) mass is 415 g/mol. The molecular weight excluding hydrogens is 389 g/mol. The number of piperidine rings is 1. The lowest BCUT2D eigenvalue weighted by Crippen LogP contribution is -2.46. The van der Waals surface area contributed by atoms with E-state index in [2.05, 4.69) is 29.0 Å². The zero-order valence-corrected chi connectivity index (χ0v) is 17.3. The molecule has 4 rings (SSSR count). The van der Waals surface area contributed by atoms with E-state index in [9.17, 15) is 9.50 Å². The number of hydrogen-bond acceptors (Lipinski definition) is 6. The van der Waals surface area contributed by atoms with Gasteiger partial charge in [0.2, 0.25) is 0 Å². The third kappa shape index (κ3) is 5.04. The number of hydrogen-bond donors (Lipinski definition) is 1. The highest BCUT2D eigenvalue weighted by atomic mass is 32.1. The first-order valence-corrected chi connectivity index (χ1v) is 10.8. The van der Waals surface area contributed by atoms with Crippen LogP contribution in [0.25, 0.3) is 10.2 Å². The van der Waals surface area contributed by atoms with Crippen LogP contribution in [0.3, 0.4) is 0 Å². The number of β-amino-alcohol motifs (C(OH)–C–C–N with tert-alkyl or cyclic N) is 1. The Kier molecular flexibility index (Phi) is 6.28. The standard InChI is InChI=1S/C22H26FN3O2S/c1-25(22-24-20-4-2-3-5-21(20)29-22)17-10-12-26(13-11-17)14-18(27)15-28-19-8-6-16(23)7-9-19/h2-9,17-18,27H,10-15H2,1H3/t18-/m1/s1. The maximum absolute atomic E-state index is 12.9. The fraction of sp³-hybridized carbons (Fsp3) is 0.409. The van der Waals surface area contributed by atoms with E-state index < -0.39 is 6.10 Å². The summed E-state index contributed by atoms with van der Waals surface area (Å²) in [5.74, 6) is 0.276. The Labute approximate surface area is 174 Å². The zero-order chi connectivity index (χ0) is 20.2. The van der Waals surface area contributed by atoms with Crippen molar-refractivity contribution in [2.75, 3.05) is 38.2 Å². The first kappa shape index (κ1) is 20.1. The number of anilines is 1. The second-order valence-electron chi connectivity index (χ2n) is 7.53. The number of aromatic nitrogens is 1. The van der Waals surface area contributed by atoms with Gasteiger partial charge in [0, 0.05) is 32.7 Å². The van der Waals surface area contributed by atoms with Gasteiger partial charge in [0.1, 0.15) is 24.3 Å². The lowest BCUT2D eigenvalue weighted by atomic mass is 10.0. The van der Waals surface area contributed by atoms with Crippen molar-refractivity contribution in [3.05, 3.63) is 54.3 Å². The van der Waals surface area contributed by atoms with Crippen molar-refractivity contribution in [2.45, 2.75) is 25.0 Å². The van der Waals surface area contributed by atoms with Crippen molar-refractivity contribution in [1.82, 2.24) is 9.88 Å². The van der Waals surface area contributed by atoms with Crippen LogP contribution in [0.5, 0.6) is 5.75 Å². The van der Waals surface area contributed by atoms with E-state index in [4.69, 9.17) is 9.72 Å². The van der Waals surface area contributed by atoms with E-state index in [-0.39, 0.29) is 12.4 Å².